The molecule has 3 nitrogen and oxygen atoms in total. The Morgan fingerprint density at radius 1 is 1.67 bits per heavy atom. The lowest BCUT2D eigenvalue weighted by atomic mass is 9.95. The van der Waals surface area contributed by atoms with Crippen molar-refractivity contribution in [1.82, 2.24) is 5.43 Å². The second-order valence-electron chi connectivity index (χ2n) is 3.96. The summed E-state index contributed by atoms with van der Waals surface area (Å²) < 4.78 is 6.54. The molecule has 0 bridgehead atoms. The maximum Gasteiger partial charge on any atom is 0.0791 e. The molecule has 0 aromatic carbocycles. The third kappa shape index (κ3) is 3.53. The summed E-state index contributed by atoms with van der Waals surface area (Å²) in [7, 11) is 1.70. The van der Waals surface area contributed by atoms with Gasteiger partial charge < -0.3 is 4.74 Å². The number of hydrogen-bond donors (Lipinski definition) is 2. The molecule has 0 aliphatic heterocycles. The Balaban J connectivity index is 2.69. The van der Waals surface area contributed by atoms with E-state index >= 15 is 0 Å². The van der Waals surface area contributed by atoms with Crippen LogP contribution in [0.2, 0.25) is 0 Å². The summed E-state index contributed by atoms with van der Waals surface area (Å²) in [6, 6.07) is 2.22. The van der Waals surface area contributed by atoms with Crippen LogP contribution >= 0.6 is 27.3 Å². The van der Waals surface area contributed by atoms with E-state index in [9.17, 15) is 0 Å². The molecule has 0 aliphatic carbocycles. The molecular formula is C10H17BrN2OS. The molecular weight excluding hydrogens is 276 g/mol. The number of ether oxygens (including phenoxy) is 1. The molecule has 0 radical (unpaired) electrons. The molecule has 0 saturated carbocycles. The molecule has 1 atom stereocenters. The Kier molecular flexibility index (Phi) is 4.73. The summed E-state index contributed by atoms with van der Waals surface area (Å²) >= 11 is 5.16. The predicted molar refractivity (Wildman–Crippen MR) is 67.9 cm³/mol. The molecule has 5 heteroatoms. The fourth-order valence-electron chi connectivity index (χ4n) is 1.31. The monoisotopic (exact) mass is 292 g/mol. The van der Waals surface area contributed by atoms with Crippen LogP contribution in [-0.4, -0.2) is 18.8 Å². The second kappa shape index (κ2) is 5.41. The van der Waals surface area contributed by atoms with Gasteiger partial charge in [-0.05, 0) is 35.8 Å². The van der Waals surface area contributed by atoms with Crippen molar-refractivity contribution in [2.75, 3.05) is 7.11 Å². The highest BCUT2D eigenvalue weighted by Gasteiger charge is 2.28. The molecule has 0 spiro atoms. The third-order valence-electron chi connectivity index (χ3n) is 2.59. The number of nitrogens with one attached hydrogen (secondary N) is 1. The number of hydrazine groups is 1. The second-order valence-corrected chi connectivity index (χ2v) is 5.87. The van der Waals surface area contributed by atoms with Crippen LogP contribution in [0.25, 0.3) is 0 Å². The van der Waals surface area contributed by atoms with Crippen LogP contribution in [0.4, 0.5) is 0 Å². The van der Waals surface area contributed by atoms with E-state index in [1.54, 1.807) is 18.4 Å². The van der Waals surface area contributed by atoms with Crippen LogP contribution in [0, 0.1) is 0 Å². The highest BCUT2D eigenvalue weighted by atomic mass is 79.9. The van der Waals surface area contributed by atoms with E-state index in [1.165, 1.54) is 4.88 Å². The number of hydrogen-bond acceptors (Lipinski definition) is 4. The molecule has 3 N–H and O–H groups in total. The standard InChI is InChI=1S/C10H17BrN2OS/c1-10(2,14-3)9(13-12)5-8-4-7(11)6-15-8/h4,6,9,13H,5,12H2,1-3H3. The Bertz CT molecular complexity index is 314. The minimum Gasteiger partial charge on any atom is -0.377 e. The lowest BCUT2D eigenvalue weighted by molar-refractivity contribution is -0.00985. The van der Waals surface area contributed by atoms with E-state index in [1.807, 2.05) is 13.8 Å². The quantitative estimate of drug-likeness (QED) is 0.647. The molecule has 1 aromatic heterocycles. The first-order chi connectivity index (χ1) is 6.99. The van der Waals surface area contributed by atoms with Crippen LogP contribution < -0.4 is 11.3 Å². The highest BCUT2D eigenvalue weighted by molar-refractivity contribution is 9.10. The van der Waals surface area contributed by atoms with Crippen molar-refractivity contribution in [3.63, 3.8) is 0 Å². The fraction of sp³-hybridized carbons (Fsp3) is 0.600. The average Bonchev–Trinajstić information content (AvgIpc) is 2.60. The van der Waals surface area contributed by atoms with Gasteiger partial charge >= 0.3 is 0 Å². The number of rotatable bonds is 5. The molecule has 86 valence electrons. The van der Waals surface area contributed by atoms with Gasteiger partial charge in [0.2, 0.25) is 0 Å². The molecule has 1 aromatic rings. The number of halogens is 1. The maximum atomic E-state index is 5.55. The third-order valence-corrected chi connectivity index (χ3v) is 4.31. The summed E-state index contributed by atoms with van der Waals surface area (Å²) in [5.41, 5.74) is 2.54. The minimum absolute atomic E-state index is 0.105. The Morgan fingerprint density at radius 3 is 2.73 bits per heavy atom. The minimum atomic E-state index is -0.273. The zero-order chi connectivity index (χ0) is 11.5. The van der Waals surface area contributed by atoms with Crippen LogP contribution in [0.1, 0.15) is 18.7 Å². The van der Waals surface area contributed by atoms with Crippen LogP contribution in [0.3, 0.4) is 0 Å². The average molecular weight is 293 g/mol. The molecule has 1 unspecified atom stereocenters. The molecule has 0 aliphatic rings. The lowest BCUT2D eigenvalue weighted by Crippen LogP contribution is -2.52. The SMILES string of the molecule is COC(C)(C)C(Cc1cc(Br)cs1)NN. The van der Waals surface area contributed by atoms with Gasteiger partial charge in [0.05, 0.1) is 11.6 Å². The van der Waals surface area contributed by atoms with Gasteiger partial charge in [-0.1, -0.05) is 0 Å². The summed E-state index contributed by atoms with van der Waals surface area (Å²) in [6.45, 7) is 4.06. The van der Waals surface area contributed by atoms with Crippen molar-refractivity contribution in [1.29, 1.82) is 0 Å². The first kappa shape index (κ1) is 13.1. The largest absolute Gasteiger partial charge is 0.377 e. The van der Waals surface area contributed by atoms with Gasteiger partial charge in [0, 0.05) is 28.3 Å². The van der Waals surface area contributed by atoms with E-state index in [0.29, 0.717) is 0 Å². The van der Waals surface area contributed by atoms with Gasteiger partial charge in [0.1, 0.15) is 0 Å². The molecule has 15 heavy (non-hydrogen) atoms. The number of thiophene rings is 1. The number of nitrogens with two attached hydrogens (primary N) is 1. The summed E-state index contributed by atoms with van der Waals surface area (Å²) in [4.78, 5) is 1.29. The number of methoxy groups -OCH3 is 1. The van der Waals surface area contributed by atoms with Crippen LogP contribution in [0.5, 0.6) is 0 Å². The Hall–Kier alpha value is 0.0600. The summed E-state index contributed by atoms with van der Waals surface area (Å²) in [6.07, 6.45) is 0.869. The van der Waals surface area contributed by atoms with E-state index in [-0.39, 0.29) is 11.6 Å². The maximum absolute atomic E-state index is 5.55. The topological polar surface area (TPSA) is 47.3 Å². The van der Waals surface area contributed by atoms with Gasteiger partial charge in [-0.15, -0.1) is 11.3 Å². The van der Waals surface area contributed by atoms with Crippen molar-refractivity contribution in [2.24, 2.45) is 5.84 Å². The van der Waals surface area contributed by atoms with E-state index < -0.39 is 0 Å². The smallest absolute Gasteiger partial charge is 0.0791 e. The normalized spacial score (nSPS) is 14.2. The van der Waals surface area contributed by atoms with Crippen molar-refractivity contribution < 1.29 is 4.74 Å². The van der Waals surface area contributed by atoms with E-state index in [2.05, 4.69) is 32.8 Å². The van der Waals surface area contributed by atoms with Crippen molar-refractivity contribution in [3.05, 3.63) is 20.8 Å². The van der Waals surface area contributed by atoms with Gasteiger partial charge in [-0.3, -0.25) is 11.3 Å². The van der Waals surface area contributed by atoms with Crippen molar-refractivity contribution in [3.8, 4) is 0 Å². The zero-order valence-corrected chi connectivity index (χ0v) is 11.6. The summed E-state index contributed by atoms with van der Waals surface area (Å²) in [5.74, 6) is 5.55. The van der Waals surface area contributed by atoms with E-state index in [4.69, 9.17) is 10.6 Å². The first-order valence-electron chi connectivity index (χ1n) is 4.74. The van der Waals surface area contributed by atoms with Gasteiger partial charge in [0.25, 0.3) is 0 Å². The molecule has 1 heterocycles. The molecule has 0 saturated heterocycles. The van der Waals surface area contributed by atoms with Crippen LogP contribution in [-0.2, 0) is 11.2 Å². The Morgan fingerprint density at radius 2 is 2.33 bits per heavy atom. The Labute approximate surface area is 103 Å². The lowest BCUT2D eigenvalue weighted by Gasteiger charge is -2.32. The zero-order valence-electron chi connectivity index (χ0n) is 9.21. The van der Waals surface area contributed by atoms with Crippen LogP contribution in [0.15, 0.2) is 15.9 Å². The summed E-state index contributed by atoms with van der Waals surface area (Å²) in [5, 5.41) is 2.07. The fourth-order valence-corrected chi connectivity index (χ4v) is 2.81. The van der Waals surface area contributed by atoms with Gasteiger partial charge in [-0.25, -0.2) is 0 Å². The van der Waals surface area contributed by atoms with Crippen molar-refractivity contribution in [2.45, 2.75) is 31.9 Å². The molecule has 0 amide bonds. The highest BCUT2D eigenvalue weighted by Crippen LogP contribution is 2.24. The predicted octanol–water partition coefficient (Wildman–Crippen LogP) is 2.31. The van der Waals surface area contributed by atoms with Gasteiger partial charge in [-0.2, -0.15) is 0 Å². The van der Waals surface area contributed by atoms with E-state index in [0.717, 1.165) is 10.9 Å². The molecule has 0 fully saturated rings. The van der Waals surface area contributed by atoms with Gasteiger partial charge in [0.15, 0.2) is 0 Å². The van der Waals surface area contributed by atoms with Crippen molar-refractivity contribution >= 4 is 27.3 Å². The molecule has 1 rings (SSSR count). The first-order valence-corrected chi connectivity index (χ1v) is 6.41.